The number of rotatable bonds is 8. The van der Waals surface area contributed by atoms with Gasteiger partial charge in [-0.05, 0) is 40.8 Å². The Morgan fingerprint density at radius 2 is 2.14 bits per heavy atom. The number of halogens is 1. The highest BCUT2D eigenvalue weighted by molar-refractivity contribution is 9.10. The lowest BCUT2D eigenvalue weighted by molar-refractivity contribution is 0.0495. The maximum absolute atomic E-state index is 6.09. The zero-order valence-corrected chi connectivity index (χ0v) is 14.2. The molecule has 1 aromatic rings. The molecule has 118 valence electrons. The molecule has 1 saturated heterocycles. The van der Waals surface area contributed by atoms with Gasteiger partial charge in [-0.2, -0.15) is 0 Å². The van der Waals surface area contributed by atoms with Crippen molar-refractivity contribution in [2.45, 2.75) is 19.4 Å². The van der Waals surface area contributed by atoms with Crippen LogP contribution in [0.2, 0.25) is 0 Å². The van der Waals surface area contributed by atoms with Gasteiger partial charge in [0.25, 0.3) is 0 Å². The number of ether oxygens (including phenoxy) is 3. The third-order valence-corrected chi connectivity index (χ3v) is 4.28. The highest BCUT2D eigenvalue weighted by atomic mass is 79.9. The van der Waals surface area contributed by atoms with Crippen LogP contribution in [0.15, 0.2) is 22.7 Å². The monoisotopic (exact) mass is 357 g/mol. The SMILES string of the molecule is COCCNCc1cccc(Br)c1OCC1CCOCC1. The molecule has 1 aliphatic heterocycles. The van der Waals surface area contributed by atoms with E-state index in [4.69, 9.17) is 14.2 Å². The van der Waals surface area contributed by atoms with Gasteiger partial charge in [-0.1, -0.05) is 12.1 Å². The third kappa shape index (κ3) is 5.58. The Bertz CT molecular complexity index is 422. The van der Waals surface area contributed by atoms with E-state index in [1.165, 1.54) is 5.56 Å². The summed E-state index contributed by atoms with van der Waals surface area (Å²) in [7, 11) is 1.71. The molecule has 1 heterocycles. The maximum atomic E-state index is 6.09. The van der Waals surface area contributed by atoms with Gasteiger partial charge < -0.3 is 19.5 Å². The minimum Gasteiger partial charge on any atom is -0.492 e. The molecule has 1 fully saturated rings. The van der Waals surface area contributed by atoms with E-state index < -0.39 is 0 Å². The topological polar surface area (TPSA) is 39.7 Å². The predicted molar refractivity (Wildman–Crippen MR) is 86.8 cm³/mol. The van der Waals surface area contributed by atoms with Crippen LogP contribution in [0.1, 0.15) is 18.4 Å². The van der Waals surface area contributed by atoms with Crippen LogP contribution in [0.4, 0.5) is 0 Å². The highest BCUT2D eigenvalue weighted by Crippen LogP contribution is 2.30. The zero-order valence-electron chi connectivity index (χ0n) is 12.6. The average molecular weight is 358 g/mol. The zero-order chi connectivity index (χ0) is 14.9. The third-order valence-electron chi connectivity index (χ3n) is 3.65. The Morgan fingerprint density at radius 1 is 1.33 bits per heavy atom. The molecule has 0 spiro atoms. The Balaban J connectivity index is 1.89. The number of benzene rings is 1. The van der Waals surface area contributed by atoms with Gasteiger partial charge >= 0.3 is 0 Å². The smallest absolute Gasteiger partial charge is 0.137 e. The fourth-order valence-corrected chi connectivity index (χ4v) is 2.89. The molecule has 5 heteroatoms. The van der Waals surface area contributed by atoms with Gasteiger partial charge in [-0.15, -0.1) is 0 Å². The van der Waals surface area contributed by atoms with Crippen LogP contribution in [0.3, 0.4) is 0 Å². The second-order valence-corrected chi connectivity index (χ2v) is 6.12. The van der Waals surface area contributed by atoms with E-state index in [0.29, 0.717) is 12.5 Å². The van der Waals surface area contributed by atoms with Crippen molar-refractivity contribution in [2.24, 2.45) is 5.92 Å². The lowest BCUT2D eigenvalue weighted by atomic mass is 10.0. The molecule has 0 atom stereocenters. The molecule has 2 rings (SSSR count). The van der Waals surface area contributed by atoms with Crippen LogP contribution in [-0.2, 0) is 16.0 Å². The fraction of sp³-hybridized carbons (Fsp3) is 0.625. The van der Waals surface area contributed by atoms with Crippen LogP contribution in [0.5, 0.6) is 5.75 Å². The molecule has 0 amide bonds. The first kappa shape index (κ1) is 16.7. The quantitative estimate of drug-likeness (QED) is 0.726. The molecule has 0 unspecified atom stereocenters. The molecule has 4 nitrogen and oxygen atoms in total. The van der Waals surface area contributed by atoms with E-state index >= 15 is 0 Å². The van der Waals surface area contributed by atoms with Gasteiger partial charge in [0.15, 0.2) is 0 Å². The first-order valence-corrected chi connectivity index (χ1v) is 8.28. The van der Waals surface area contributed by atoms with E-state index in [9.17, 15) is 0 Å². The molecule has 0 bridgehead atoms. The van der Waals surface area contributed by atoms with E-state index in [1.807, 2.05) is 12.1 Å². The Hall–Kier alpha value is -0.620. The maximum Gasteiger partial charge on any atom is 0.137 e. The summed E-state index contributed by atoms with van der Waals surface area (Å²) in [6, 6.07) is 6.17. The van der Waals surface area contributed by atoms with Crippen LogP contribution in [-0.4, -0.2) is 40.1 Å². The van der Waals surface area contributed by atoms with Crippen LogP contribution >= 0.6 is 15.9 Å². The summed E-state index contributed by atoms with van der Waals surface area (Å²) in [6.07, 6.45) is 2.18. The first-order chi connectivity index (χ1) is 10.3. The molecule has 1 N–H and O–H groups in total. The number of methoxy groups -OCH3 is 1. The standard InChI is InChI=1S/C16H24BrNO3/c1-19-10-7-18-11-14-3-2-4-15(17)16(14)21-12-13-5-8-20-9-6-13/h2-4,13,18H,5-12H2,1H3. The van der Waals surface area contributed by atoms with Gasteiger partial charge in [0.1, 0.15) is 5.75 Å². The van der Waals surface area contributed by atoms with Crippen LogP contribution in [0, 0.1) is 5.92 Å². The molecular formula is C16H24BrNO3. The molecule has 0 saturated carbocycles. The van der Waals surface area contributed by atoms with E-state index in [0.717, 1.165) is 56.0 Å². The average Bonchev–Trinajstić information content (AvgIpc) is 2.52. The molecule has 0 aromatic heterocycles. The fourth-order valence-electron chi connectivity index (χ4n) is 2.37. The van der Waals surface area contributed by atoms with Gasteiger partial charge in [-0.3, -0.25) is 0 Å². The molecular weight excluding hydrogens is 334 g/mol. The highest BCUT2D eigenvalue weighted by Gasteiger charge is 2.16. The summed E-state index contributed by atoms with van der Waals surface area (Å²) < 4.78 is 17.5. The van der Waals surface area contributed by atoms with Gasteiger partial charge in [-0.25, -0.2) is 0 Å². The summed E-state index contributed by atoms with van der Waals surface area (Å²) in [5.74, 6) is 1.55. The lowest BCUT2D eigenvalue weighted by Crippen LogP contribution is -2.22. The van der Waals surface area contributed by atoms with Crippen molar-refractivity contribution in [3.63, 3.8) is 0 Å². The number of nitrogens with one attached hydrogen (secondary N) is 1. The van der Waals surface area contributed by atoms with Crippen molar-refractivity contribution in [1.82, 2.24) is 5.32 Å². The van der Waals surface area contributed by atoms with Crippen molar-refractivity contribution >= 4 is 15.9 Å². The first-order valence-electron chi connectivity index (χ1n) is 7.49. The van der Waals surface area contributed by atoms with Crippen LogP contribution < -0.4 is 10.1 Å². The Morgan fingerprint density at radius 3 is 2.90 bits per heavy atom. The van der Waals surface area contributed by atoms with Crippen molar-refractivity contribution in [3.05, 3.63) is 28.2 Å². The minimum absolute atomic E-state index is 0.597. The van der Waals surface area contributed by atoms with E-state index in [1.54, 1.807) is 7.11 Å². The van der Waals surface area contributed by atoms with Crippen LogP contribution in [0.25, 0.3) is 0 Å². The van der Waals surface area contributed by atoms with E-state index in [-0.39, 0.29) is 0 Å². The van der Waals surface area contributed by atoms with Crippen molar-refractivity contribution in [2.75, 3.05) is 40.1 Å². The molecule has 21 heavy (non-hydrogen) atoms. The number of para-hydroxylation sites is 1. The van der Waals surface area contributed by atoms with Crippen molar-refractivity contribution in [3.8, 4) is 5.75 Å². The Labute approximate surface area is 135 Å². The van der Waals surface area contributed by atoms with Gasteiger partial charge in [0.05, 0.1) is 17.7 Å². The lowest BCUT2D eigenvalue weighted by Gasteiger charge is -2.23. The number of hydrogen-bond donors (Lipinski definition) is 1. The molecule has 0 radical (unpaired) electrons. The van der Waals surface area contributed by atoms with Gasteiger partial charge in [0.2, 0.25) is 0 Å². The predicted octanol–water partition coefficient (Wildman–Crippen LogP) is 2.99. The van der Waals surface area contributed by atoms with Crippen molar-refractivity contribution in [1.29, 1.82) is 0 Å². The second kappa shape index (κ2) is 9.41. The second-order valence-electron chi connectivity index (χ2n) is 5.26. The largest absolute Gasteiger partial charge is 0.492 e. The molecule has 1 aromatic carbocycles. The summed E-state index contributed by atoms with van der Waals surface area (Å²) in [6.45, 7) is 4.81. The summed E-state index contributed by atoms with van der Waals surface area (Å²) in [5, 5.41) is 3.36. The Kier molecular flexibility index (Phi) is 7.50. The summed E-state index contributed by atoms with van der Waals surface area (Å²) in [5.41, 5.74) is 1.17. The summed E-state index contributed by atoms with van der Waals surface area (Å²) >= 11 is 3.59. The van der Waals surface area contributed by atoms with E-state index in [2.05, 4.69) is 27.3 Å². The minimum atomic E-state index is 0.597. The van der Waals surface area contributed by atoms with Gasteiger partial charge in [0, 0.05) is 39.0 Å². The normalized spacial score (nSPS) is 16.1. The van der Waals surface area contributed by atoms with Crippen molar-refractivity contribution < 1.29 is 14.2 Å². The summed E-state index contributed by atoms with van der Waals surface area (Å²) in [4.78, 5) is 0. The molecule has 1 aliphatic rings. The molecule has 0 aliphatic carbocycles. The number of hydrogen-bond acceptors (Lipinski definition) is 4.